The van der Waals surface area contributed by atoms with Crippen LogP contribution in [0.4, 0.5) is 0 Å². The minimum absolute atomic E-state index is 0.335. The SMILES string of the molecule is COCC1(COC)CCCCC1. The van der Waals surface area contributed by atoms with Gasteiger partial charge in [-0.15, -0.1) is 0 Å². The van der Waals surface area contributed by atoms with Gasteiger partial charge >= 0.3 is 0 Å². The van der Waals surface area contributed by atoms with Crippen molar-refractivity contribution >= 4 is 0 Å². The number of rotatable bonds is 4. The average Bonchev–Trinajstić information content (AvgIpc) is 2.07. The quantitative estimate of drug-likeness (QED) is 0.647. The molecule has 0 saturated heterocycles. The summed E-state index contributed by atoms with van der Waals surface area (Å²) in [7, 11) is 3.57. The van der Waals surface area contributed by atoms with Crippen molar-refractivity contribution in [3.8, 4) is 0 Å². The van der Waals surface area contributed by atoms with E-state index in [0.717, 1.165) is 13.2 Å². The van der Waals surface area contributed by atoms with Crippen LogP contribution < -0.4 is 0 Å². The maximum absolute atomic E-state index is 5.26. The summed E-state index contributed by atoms with van der Waals surface area (Å²) in [6.07, 6.45) is 6.61. The van der Waals surface area contributed by atoms with E-state index in [2.05, 4.69) is 0 Å². The monoisotopic (exact) mass is 172 g/mol. The van der Waals surface area contributed by atoms with Crippen molar-refractivity contribution in [3.63, 3.8) is 0 Å². The van der Waals surface area contributed by atoms with E-state index in [1.165, 1.54) is 32.1 Å². The molecular weight excluding hydrogens is 152 g/mol. The van der Waals surface area contributed by atoms with Crippen LogP contribution in [-0.4, -0.2) is 27.4 Å². The van der Waals surface area contributed by atoms with E-state index in [1.807, 2.05) is 0 Å². The van der Waals surface area contributed by atoms with Crippen molar-refractivity contribution in [1.29, 1.82) is 0 Å². The number of methoxy groups -OCH3 is 2. The Morgan fingerprint density at radius 1 is 0.917 bits per heavy atom. The van der Waals surface area contributed by atoms with E-state index in [9.17, 15) is 0 Å². The summed E-state index contributed by atoms with van der Waals surface area (Å²) < 4.78 is 10.5. The highest BCUT2D eigenvalue weighted by atomic mass is 16.5. The largest absolute Gasteiger partial charge is 0.384 e. The lowest BCUT2D eigenvalue weighted by Gasteiger charge is -2.35. The lowest BCUT2D eigenvalue weighted by molar-refractivity contribution is -0.0136. The molecule has 1 fully saturated rings. The Morgan fingerprint density at radius 3 is 1.83 bits per heavy atom. The van der Waals surface area contributed by atoms with Gasteiger partial charge in [0.2, 0.25) is 0 Å². The number of hydrogen-bond acceptors (Lipinski definition) is 2. The van der Waals surface area contributed by atoms with Crippen LogP contribution in [0.2, 0.25) is 0 Å². The van der Waals surface area contributed by atoms with E-state index in [0.29, 0.717) is 5.41 Å². The molecule has 0 spiro atoms. The zero-order valence-electron chi connectivity index (χ0n) is 8.27. The Hall–Kier alpha value is -0.0800. The molecule has 72 valence electrons. The summed E-state index contributed by atoms with van der Waals surface area (Å²) in [6, 6.07) is 0. The van der Waals surface area contributed by atoms with Gasteiger partial charge in [-0.25, -0.2) is 0 Å². The van der Waals surface area contributed by atoms with Crippen molar-refractivity contribution in [3.05, 3.63) is 0 Å². The van der Waals surface area contributed by atoms with Gasteiger partial charge in [0, 0.05) is 19.6 Å². The first-order valence-corrected chi connectivity index (χ1v) is 4.81. The van der Waals surface area contributed by atoms with Crippen molar-refractivity contribution in [2.45, 2.75) is 32.1 Å². The standard InChI is InChI=1S/C10H20O2/c1-11-8-10(9-12-2)6-4-3-5-7-10/h3-9H2,1-2H3. The smallest absolute Gasteiger partial charge is 0.0540 e. The van der Waals surface area contributed by atoms with Crippen LogP contribution in [0.25, 0.3) is 0 Å². The molecule has 2 heteroatoms. The molecule has 1 saturated carbocycles. The third kappa shape index (κ3) is 2.46. The Labute approximate surface area is 75.2 Å². The highest BCUT2D eigenvalue weighted by molar-refractivity contribution is 4.82. The molecule has 12 heavy (non-hydrogen) atoms. The third-order valence-corrected chi connectivity index (χ3v) is 2.82. The summed E-state index contributed by atoms with van der Waals surface area (Å²) in [5, 5.41) is 0. The molecule has 1 aliphatic carbocycles. The molecule has 0 unspecified atom stereocenters. The predicted octanol–water partition coefficient (Wildman–Crippen LogP) is 2.23. The van der Waals surface area contributed by atoms with Gasteiger partial charge in [0.25, 0.3) is 0 Å². The van der Waals surface area contributed by atoms with Crippen molar-refractivity contribution < 1.29 is 9.47 Å². The molecule has 0 amide bonds. The highest BCUT2D eigenvalue weighted by Crippen LogP contribution is 2.36. The van der Waals surface area contributed by atoms with Gasteiger partial charge in [0.1, 0.15) is 0 Å². The maximum Gasteiger partial charge on any atom is 0.0540 e. The van der Waals surface area contributed by atoms with Gasteiger partial charge < -0.3 is 9.47 Å². The number of hydrogen-bond donors (Lipinski definition) is 0. The molecule has 0 aromatic heterocycles. The average molecular weight is 172 g/mol. The summed E-state index contributed by atoms with van der Waals surface area (Å²) >= 11 is 0. The normalized spacial score (nSPS) is 22.5. The second-order valence-electron chi connectivity index (χ2n) is 3.93. The van der Waals surface area contributed by atoms with Crippen LogP contribution in [-0.2, 0) is 9.47 Å². The van der Waals surface area contributed by atoms with Gasteiger partial charge in [0.15, 0.2) is 0 Å². The Balaban J connectivity index is 2.44. The van der Waals surface area contributed by atoms with Gasteiger partial charge in [-0.1, -0.05) is 19.3 Å². The maximum atomic E-state index is 5.26. The van der Waals surface area contributed by atoms with Crippen LogP contribution in [0.15, 0.2) is 0 Å². The third-order valence-electron chi connectivity index (χ3n) is 2.82. The molecule has 0 radical (unpaired) electrons. The van der Waals surface area contributed by atoms with Crippen molar-refractivity contribution in [2.24, 2.45) is 5.41 Å². The number of ether oxygens (including phenoxy) is 2. The second-order valence-corrected chi connectivity index (χ2v) is 3.93. The van der Waals surface area contributed by atoms with Gasteiger partial charge in [0.05, 0.1) is 13.2 Å². The minimum Gasteiger partial charge on any atom is -0.384 e. The predicted molar refractivity (Wildman–Crippen MR) is 49.3 cm³/mol. The Bertz CT molecular complexity index is 101. The van der Waals surface area contributed by atoms with Gasteiger partial charge in [-0.3, -0.25) is 0 Å². The molecular formula is C10H20O2. The fraction of sp³-hybridized carbons (Fsp3) is 1.00. The molecule has 1 rings (SSSR count). The molecule has 0 N–H and O–H groups in total. The molecule has 0 heterocycles. The summed E-state index contributed by atoms with van der Waals surface area (Å²) in [6.45, 7) is 1.72. The lowest BCUT2D eigenvalue weighted by atomic mass is 9.75. The van der Waals surface area contributed by atoms with Crippen LogP contribution in [0.1, 0.15) is 32.1 Å². The zero-order chi connectivity index (χ0) is 8.86. The highest BCUT2D eigenvalue weighted by Gasteiger charge is 2.31. The fourth-order valence-electron chi connectivity index (χ4n) is 2.24. The first kappa shape index (κ1) is 10.0. The van der Waals surface area contributed by atoms with Gasteiger partial charge in [-0.05, 0) is 12.8 Å². The first-order chi connectivity index (χ1) is 5.83. The Morgan fingerprint density at radius 2 is 1.42 bits per heavy atom. The Kier molecular flexibility index (Phi) is 4.02. The first-order valence-electron chi connectivity index (χ1n) is 4.81. The van der Waals surface area contributed by atoms with E-state index in [1.54, 1.807) is 14.2 Å². The van der Waals surface area contributed by atoms with Crippen molar-refractivity contribution in [1.82, 2.24) is 0 Å². The lowest BCUT2D eigenvalue weighted by Crippen LogP contribution is -2.33. The summed E-state index contributed by atoms with van der Waals surface area (Å²) in [4.78, 5) is 0. The summed E-state index contributed by atoms with van der Waals surface area (Å²) in [5.41, 5.74) is 0.335. The molecule has 0 aromatic rings. The zero-order valence-corrected chi connectivity index (χ0v) is 8.27. The van der Waals surface area contributed by atoms with E-state index < -0.39 is 0 Å². The molecule has 0 aromatic carbocycles. The van der Waals surface area contributed by atoms with Gasteiger partial charge in [-0.2, -0.15) is 0 Å². The van der Waals surface area contributed by atoms with E-state index in [-0.39, 0.29) is 0 Å². The minimum atomic E-state index is 0.335. The molecule has 0 atom stereocenters. The second kappa shape index (κ2) is 4.83. The van der Waals surface area contributed by atoms with Crippen LogP contribution in [0.3, 0.4) is 0 Å². The van der Waals surface area contributed by atoms with Crippen molar-refractivity contribution in [2.75, 3.05) is 27.4 Å². The topological polar surface area (TPSA) is 18.5 Å². The molecule has 1 aliphatic rings. The molecule has 0 aliphatic heterocycles. The van der Waals surface area contributed by atoms with Crippen LogP contribution in [0.5, 0.6) is 0 Å². The molecule has 2 nitrogen and oxygen atoms in total. The molecule has 0 bridgehead atoms. The fourth-order valence-corrected chi connectivity index (χ4v) is 2.24. The van der Waals surface area contributed by atoms with Crippen LogP contribution in [0, 0.1) is 5.41 Å². The van der Waals surface area contributed by atoms with E-state index >= 15 is 0 Å². The van der Waals surface area contributed by atoms with Crippen LogP contribution >= 0.6 is 0 Å². The van der Waals surface area contributed by atoms with E-state index in [4.69, 9.17) is 9.47 Å². The summed E-state index contributed by atoms with van der Waals surface area (Å²) in [5.74, 6) is 0.